The summed E-state index contributed by atoms with van der Waals surface area (Å²) in [6.45, 7) is 4.35. The smallest absolute Gasteiger partial charge is 0.338 e. The topological polar surface area (TPSA) is 120 Å². The van der Waals surface area contributed by atoms with E-state index in [1.165, 1.54) is 38.1 Å². The first kappa shape index (κ1) is 25.6. The quantitative estimate of drug-likeness (QED) is 0.447. The lowest BCUT2D eigenvalue weighted by molar-refractivity contribution is -0.137. The van der Waals surface area contributed by atoms with Crippen molar-refractivity contribution in [1.82, 2.24) is 19.9 Å². The largest absolute Gasteiger partial charge is 0.421 e. The number of alkyl halides is 3. The van der Waals surface area contributed by atoms with E-state index in [-0.39, 0.29) is 22.2 Å². The summed E-state index contributed by atoms with van der Waals surface area (Å²) in [6, 6.07) is 7.28. The second-order valence-corrected chi connectivity index (χ2v) is 11.3. The Morgan fingerprint density at radius 2 is 1.86 bits per heavy atom. The van der Waals surface area contributed by atoms with Gasteiger partial charge in [0.05, 0.1) is 15.8 Å². The standard InChI is InChI=1S/C23H25F3N6O3S/c1-13(2)36(34,35)19-7-5-4-6-17(19)28-20-15(23(24,25)26)11-27-22(31-20)30-18-10-14-12-32(3)9-8-16(14)29-21(18)33/h4-7,10-11,13H,8-9,12H2,1-3H3,(H,29,33)(H2,27,28,30,31). The van der Waals surface area contributed by atoms with Gasteiger partial charge in [0, 0.05) is 31.4 Å². The number of H-pyrrole nitrogens is 1. The van der Waals surface area contributed by atoms with E-state index in [2.05, 4.69) is 30.5 Å². The number of fused-ring (bicyclic) bond motifs is 1. The van der Waals surface area contributed by atoms with Crippen molar-refractivity contribution in [3.8, 4) is 0 Å². The average molecular weight is 523 g/mol. The summed E-state index contributed by atoms with van der Waals surface area (Å²) in [5.41, 5.74) is 0.0651. The highest BCUT2D eigenvalue weighted by molar-refractivity contribution is 7.92. The third kappa shape index (κ3) is 5.21. The van der Waals surface area contributed by atoms with Crippen molar-refractivity contribution in [2.75, 3.05) is 24.2 Å². The molecule has 4 rings (SSSR count). The highest BCUT2D eigenvalue weighted by atomic mass is 32.2. The van der Waals surface area contributed by atoms with Crippen LogP contribution in [0.15, 0.2) is 46.2 Å². The molecule has 0 unspecified atom stereocenters. The number of anilines is 4. The summed E-state index contributed by atoms with van der Waals surface area (Å²) in [5, 5.41) is 4.43. The molecule has 0 aliphatic carbocycles. The van der Waals surface area contributed by atoms with E-state index in [4.69, 9.17) is 0 Å². The van der Waals surface area contributed by atoms with Crippen molar-refractivity contribution in [3.05, 3.63) is 63.7 Å². The predicted octanol–water partition coefficient (Wildman–Crippen LogP) is 3.84. The van der Waals surface area contributed by atoms with Gasteiger partial charge in [-0.1, -0.05) is 12.1 Å². The molecule has 0 radical (unpaired) electrons. The van der Waals surface area contributed by atoms with E-state index in [0.29, 0.717) is 19.2 Å². The van der Waals surface area contributed by atoms with E-state index in [0.717, 1.165) is 17.8 Å². The molecule has 3 N–H and O–H groups in total. The van der Waals surface area contributed by atoms with Crippen LogP contribution in [0.3, 0.4) is 0 Å². The maximum Gasteiger partial charge on any atom is 0.421 e. The zero-order valence-corrected chi connectivity index (χ0v) is 20.6. The van der Waals surface area contributed by atoms with Gasteiger partial charge in [0.25, 0.3) is 5.56 Å². The molecule has 0 bridgehead atoms. The third-order valence-electron chi connectivity index (χ3n) is 5.81. The zero-order chi connectivity index (χ0) is 26.3. The summed E-state index contributed by atoms with van der Waals surface area (Å²) in [5.74, 6) is -0.912. The van der Waals surface area contributed by atoms with Crippen molar-refractivity contribution in [2.45, 2.75) is 43.1 Å². The fourth-order valence-electron chi connectivity index (χ4n) is 3.81. The van der Waals surface area contributed by atoms with Crippen molar-refractivity contribution in [3.63, 3.8) is 0 Å². The summed E-state index contributed by atoms with van der Waals surface area (Å²) in [6.07, 6.45) is -3.57. The lowest BCUT2D eigenvalue weighted by Gasteiger charge is -2.24. The first-order valence-electron chi connectivity index (χ1n) is 11.1. The molecule has 0 saturated carbocycles. The number of halogens is 3. The van der Waals surface area contributed by atoms with E-state index in [1.807, 2.05) is 7.05 Å². The van der Waals surface area contributed by atoms with Crippen molar-refractivity contribution >= 4 is 33.0 Å². The molecule has 0 fully saturated rings. The number of rotatable bonds is 6. The fourth-order valence-corrected chi connectivity index (χ4v) is 5.01. The highest BCUT2D eigenvalue weighted by Crippen LogP contribution is 2.36. The Morgan fingerprint density at radius 3 is 2.56 bits per heavy atom. The van der Waals surface area contributed by atoms with E-state index >= 15 is 0 Å². The number of pyridine rings is 1. The molecule has 3 heterocycles. The molecule has 192 valence electrons. The molecule has 1 aliphatic heterocycles. The van der Waals surface area contributed by atoms with E-state index in [9.17, 15) is 26.4 Å². The van der Waals surface area contributed by atoms with Gasteiger partial charge in [-0.15, -0.1) is 0 Å². The van der Waals surface area contributed by atoms with Crippen molar-refractivity contribution in [1.29, 1.82) is 0 Å². The monoisotopic (exact) mass is 522 g/mol. The number of aromatic amines is 1. The second-order valence-electron chi connectivity index (χ2n) is 8.80. The molecule has 0 atom stereocenters. The summed E-state index contributed by atoms with van der Waals surface area (Å²) < 4.78 is 66.8. The van der Waals surface area contributed by atoms with Gasteiger partial charge in [-0.25, -0.2) is 13.4 Å². The molecule has 2 aromatic heterocycles. The second kappa shape index (κ2) is 9.54. The molecule has 9 nitrogen and oxygen atoms in total. The molecule has 1 aromatic carbocycles. The number of nitrogens with zero attached hydrogens (tertiary/aromatic N) is 3. The van der Waals surface area contributed by atoms with Crippen LogP contribution >= 0.6 is 0 Å². The lowest BCUT2D eigenvalue weighted by atomic mass is 10.1. The Hall–Kier alpha value is -3.45. The minimum Gasteiger partial charge on any atom is -0.338 e. The Morgan fingerprint density at radius 1 is 1.14 bits per heavy atom. The number of hydrogen-bond acceptors (Lipinski definition) is 8. The molecule has 0 amide bonds. The number of likely N-dealkylation sites (N-methyl/N-ethyl adjacent to an activating group) is 1. The number of sulfone groups is 1. The van der Waals surface area contributed by atoms with E-state index in [1.54, 1.807) is 6.07 Å². The molecule has 3 aromatic rings. The Labute approximate surface area is 205 Å². The first-order chi connectivity index (χ1) is 16.9. The van der Waals surface area contributed by atoms with Gasteiger partial charge >= 0.3 is 6.18 Å². The number of para-hydroxylation sites is 1. The summed E-state index contributed by atoms with van der Waals surface area (Å²) >= 11 is 0. The summed E-state index contributed by atoms with van der Waals surface area (Å²) in [4.78, 5) is 25.0. The highest BCUT2D eigenvalue weighted by Gasteiger charge is 2.36. The van der Waals surface area contributed by atoms with Crippen LogP contribution in [-0.4, -0.2) is 47.1 Å². The normalized spacial score (nSPS) is 14.5. The molecule has 0 spiro atoms. The van der Waals surface area contributed by atoms with Crippen LogP contribution < -0.4 is 16.2 Å². The van der Waals surface area contributed by atoms with Crippen LogP contribution in [0.25, 0.3) is 0 Å². The number of benzene rings is 1. The summed E-state index contributed by atoms with van der Waals surface area (Å²) in [7, 11) is -1.87. The molecule has 0 saturated heterocycles. The minimum absolute atomic E-state index is 0.0592. The van der Waals surface area contributed by atoms with E-state index < -0.39 is 38.2 Å². The molecular formula is C23H25F3N6O3S. The van der Waals surface area contributed by atoms with Crippen molar-refractivity contribution in [2.24, 2.45) is 0 Å². The zero-order valence-electron chi connectivity index (χ0n) is 19.8. The van der Waals surface area contributed by atoms with Crippen molar-refractivity contribution < 1.29 is 21.6 Å². The van der Waals surface area contributed by atoms with Gasteiger partial charge in [-0.2, -0.15) is 18.2 Å². The van der Waals surface area contributed by atoms with Gasteiger partial charge < -0.3 is 20.5 Å². The van der Waals surface area contributed by atoms with Crippen LogP contribution in [0.4, 0.5) is 36.3 Å². The number of aromatic nitrogens is 3. The van der Waals surface area contributed by atoms with Gasteiger partial charge in [0.2, 0.25) is 5.95 Å². The Kier molecular flexibility index (Phi) is 6.80. The SMILES string of the molecule is CC(C)S(=O)(=O)c1ccccc1Nc1nc(Nc2cc3c([nH]c2=O)CCN(C)C3)ncc1C(F)(F)F. The van der Waals surface area contributed by atoms with Gasteiger partial charge in [-0.3, -0.25) is 4.79 Å². The maximum atomic E-state index is 13.7. The van der Waals surface area contributed by atoms with Crippen LogP contribution in [0.5, 0.6) is 0 Å². The van der Waals surface area contributed by atoms with Crippen LogP contribution in [-0.2, 0) is 29.0 Å². The molecular weight excluding hydrogens is 497 g/mol. The minimum atomic E-state index is -4.82. The Bertz CT molecular complexity index is 1450. The maximum absolute atomic E-state index is 13.7. The average Bonchev–Trinajstić information content (AvgIpc) is 2.79. The first-order valence-corrected chi connectivity index (χ1v) is 12.7. The van der Waals surface area contributed by atoms with Gasteiger partial charge in [0.15, 0.2) is 9.84 Å². The lowest BCUT2D eigenvalue weighted by Crippen LogP contribution is -2.29. The predicted molar refractivity (Wildman–Crippen MR) is 129 cm³/mol. The fraction of sp³-hybridized carbons (Fsp3) is 0.348. The molecule has 13 heteroatoms. The van der Waals surface area contributed by atoms with Gasteiger partial charge in [0.1, 0.15) is 17.1 Å². The van der Waals surface area contributed by atoms with Gasteiger partial charge in [-0.05, 0) is 44.7 Å². The van der Waals surface area contributed by atoms with Crippen LogP contribution in [0.1, 0.15) is 30.7 Å². The number of nitrogens with one attached hydrogen (secondary N) is 3. The molecule has 1 aliphatic rings. The van der Waals surface area contributed by atoms with Crippen LogP contribution in [0.2, 0.25) is 0 Å². The Balaban J connectivity index is 1.74. The molecule has 36 heavy (non-hydrogen) atoms. The number of hydrogen-bond donors (Lipinski definition) is 3. The van der Waals surface area contributed by atoms with Crippen LogP contribution in [0, 0.1) is 0 Å². The third-order valence-corrected chi connectivity index (χ3v) is 8.02.